The minimum atomic E-state index is -0.530. The van der Waals surface area contributed by atoms with E-state index in [0.717, 1.165) is 17.1 Å². The largest absolute Gasteiger partial charge is 0.310 e. The van der Waals surface area contributed by atoms with Gasteiger partial charge in [-0.2, -0.15) is 0 Å². The molecule has 0 N–H and O–H groups in total. The Balaban J connectivity index is 1.03. The van der Waals surface area contributed by atoms with E-state index >= 15 is 0 Å². The predicted molar refractivity (Wildman–Crippen MR) is 285 cm³/mol. The fourth-order valence-electron chi connectivity index (χ4n) is 10.9. The van der Waals surface area contributed by atoms with E-state index < -0.39 is 5.41 Å². The van der Waals surface area contributed by atoms with Crippen LogP contribution in [0.4, 0.5) is 17.1 Å². The Morgan fingerprint density at radius 1 is 0.328 bits per heavy atom. The maximum Gasteiger partial charge on any atom is 0.0714 e. The molecule has 0 radical (unpaired) electrons. The lowest BCUT2D eigenvalue weighted by molar-refractivity contribution is 0.768. The second-order valence-corrected chi connectivity index (χ2v) is 18.6. The first-order valence-corrected chi connectivity index (χ1v) is 23.9. The van der Waals surface area contributed by atoms with Crippen molar-refractivity contribution in [3.8, 4) is 44.5 Å². The van der Waals surface area contributed by atoms with Crippen molar-refractivity contribution >= 4 is 59.3 Å². The monoisotopic (exact) mass is 869 g/mol. The van der Waals surface area contributed by atoms with Crippen LogP contribution in [0.15, 0.2) is 261 Å². The van der Waals surface area contributed by atoms with Gasteiger partial charge in [0.25, 0.3) is 0 Å². The van der Waals surface area contributed by atoms with E-state index in [0.29, 0.717) is 0 Å². The van der Waals surface area contributed by atoms with Gasteiger partial charge in [-0.25, -0.2) is 0 Å². The van der Waals surface area contributed by atoms with Crippen LogP contribution < -0.4 is 4.90 Å². The van der Waals surface area contributed by atoms with Crippen LogP contribution >= 0.6 is 11.3 Å². The minimum Gasteiger partial charge on any atom is -0.310 e. The Morgan fingerprint density at radius 2 is 0.896 bits per heavy atom. The molecule has 0 aliphatic heterocycles. The minimum absolute atomic E-state index is 0.530. The second kappa shape index (κ2) is 16.0. The zero-order chi connectivity index (χ0) is 44.3. The zero-order valence-corrected chi connectivity index (χ0v) is 37.5. The van der Waals surface area contributed by atoms with Gasteiger partial charge in [-0.05, 0) is 126 Å². The lowest BCUT2D eigenvalue weighted by atomic mass is 9.67. The van der Waals surface area contributed by atoms with Crippen LogP contribution in [0.5, 0.6) is 0 Å². The fraction of sp³-hybridized carbons (Fsp3) is 0.0154. The number of anilines is 3. The first kappa shape index (κ1) is 39.1. The lowest BCUT2D eigenvalue weighted by Crippen LogP contribution is -2.28. The molecular weight excluding hydrogens is 827 g/mol. The summed E-state index contributed by atoms with van der Waals surface area (Å²) in [5.74, 6) is 0. The molecule has 0 amide bonds. The maximum atomic E-state index is 2.51. The first-order chi connectivity index (χ1) is 33.2. The van der Waals surface area contributed by atoms with E-state index in [1.54, 1.807) is 0 Å². The molecule has 0 saturated carbocycles. The van der Waals surface area contributed by atoms with Crippen molar-refractivity contribution in [2.24, 2.45) is 0 Å². The molecule has 13 rings (SSSR count). The highest BCUT2D eigenvalue weighted by Crippen LogP contribution is 2.58. The van der Waals surface area contributed by atoms with E-state index in [9.17, 15) is 0 Å². The van der Waals surface area contributed by atoms with Gasteiger partial charge in [0.15, 0.2) is 0 Å². The molecule has 0 spiro atoms. The van der Waals surface area contributed by atoms with E-state index in [4.69, 9.17) is 0 Å². The van der Waals surface area contributed by atoms with Crippen LogP contribution in [-0.2, 0) is 5.41 Å². The molecule has 1 aliphatic carbocycles. The SMILES string of the molecule is c1ccc(-c2ccc(N(c3ccc(-c4cccc(-c5ccc6ccccc6c5)c4)cc3)c3ccc4c(c3)C(c3ccccc3)(c3ccccc3)c3ccccc3-4)c3c2sc2ccccc23)cc1. The molecule has 2 heteroatoms. The third-order valence-corrected chi connectivity index (χ3v) is 15.1. The van der Waals surface area contributed by atoms with Crippen LogP contribution in [0.2, 0.25) is 0 Å². The number of benzene rings is 11. The number of rotatable bonds is 8. The lowest BCUT2D eigenvalue weighted by Gasteiger charge is -2.35. The molecule has 1 aliphatic rings. The van der Waals surface area contributed by atoms with Crippen LogP contribution in [-0.4, -0.2) is 0 Å². The quantitative estimate of drug-likeness (QED) is 0.147. The van der Waals surface area contributed by atoms with Gasteiger partial charge in [0, 0.05) is 31.5 Å². The summed E-state index contributed by atoms with van der Waals surface area (Å²) in [6, 6.07) is 96.4. The van der Waals surface area contributed by atoms with Gasteiger partial charge in [0.2, 0.25) is 0 Å². The van der Waals surface area contributed by atoms with Crippen LogP contribution in [0.3, 0.4) is 0 Å². The van der Waals surface area contributed by atoms with E-state index in [1.165, 1.54) is 97.7 Å². The second-order valence-electron chi connectivity index (χ2n) is 17.6. The topological polar surface area (TPSA) is 3.24 Å². The summed E-state index contributed by atoms with van der Waals surface area (Å²) in [5, 5.41) is 5.03. The molecular formula is C65H43NS. The average Bonchev–Trinajstić information content (AvgIpc) is 3.94. The standard InChI is InChI=1S/C65H43NS/c1-4-18-46(19-5-1)55-39-40-61(63-58-28-13-15-30-62(58)67-64(55)63)66(53-35-33-45(34-36-53)48-21-16-22-49(41-48)50-32-31-44-17-10-11-20-47(44)42-50)54-37-38-57-56-27-12-14-29-59(56)65(60(57)43-54,51-23-6-2-7-24-51)52-25-8-3-9-26-52/h1-43H. The summed E-state index contributed by atoms with van der Waals surface area (Å²) in [4.78, 5) is 2.51. The fourth-order valence-corrected chi connectivity index (χ4v) is 12.1. The van der Waals surface area contributed by atoms with Crippen molar-refractivity contribution in [2.75, 3.05) is 4.90 Å². The molecule has 1 aromatic heterocycles. The highest BCUT2D eigenvalue weighted by atomic mass is 32.1. The summed E-state index contributed by atoms with van der Waals surface area (Å²) in [5.41, 5.74) is 17.7. The molecule has 11 aromatic carbocycles. The smallest absolute Gasteiger partial charge is 0.0714 e. The first-order valence-electron chi connectivity index (χ1n) is 23.1. The number of nitrogens with zero attached hydrogens (tertiary/aromatic N) is 1. The van der Waals surface area contributed by atoms with Crippen molar-refractivity contribution in [1.29, 1.82) is 0 Å². The van der Waals surface area contributed by atoms with Crippen molar-refractivity contribution < 1.29 is 0 Å². The van der Waals surface area contributed by atoms with Crippen molar-refractivity contribution in [3.05, 3.63) is 283 Å². The Bertz CT molecular complexity index is 3760. The van der Waals surface area contributed by atoms with Crippen LogP contribution in [0, 0.1) is 0 Å². The Kier molecular flexibility index (Phi) is 9.33. The maximum absolute atomic E-state index is 2.51. The van der Waals surface area contributed by atoms with Crippen LogP contribution in [0.1, 0.15) is 22.3 Å². The Morgan fingerprint density at radius 3 is 1.67 bits per heavy atom. The van der Waals surface area contributed by atoms with Gasteiger partial charge in [0.05, 0.1) is 11.1 Å². The molecule has 0 saturated heterocycles. The molecule has 12 aromatic rings. The van der Waals surface area contributed by atoms with Gasteiger partial charge in [-0.3, -0.25) is 0 Å². The summed E-state index contributed by atoms with van der Waals surface area (Å²) in [7, 11) is 0. The number of fused-ring (bicyclic) bond motifs is 7. The highest BCUT2D eigenvalue weighted by molar-refractivity contribution is 7.26. The number of thiophene rings is 1. The van der Waals surface area contributed by atoms with E-state index in [1.807, 2.05) is 11.3 Å². The number of hydrogen-bond acceptors (Lipinski definition) is 2. The molecule has 314 valence electrons. The molecule has 0 atom stereocenters. The van der Waals surface area contributed by atoms with Crippen molar-refractivity contribution in [1.82, 2.24) is 0 Å². The summed E-state index contributed by atoms with van der Waals surface area (Å²) in [6.07, 6.45) is 0. The third kappa shape index (κ3) is 6.37. The third-order valence-electron chi connectivity index (χ3n) is 13.9. The normalized spacial score (nSPS) is 12.6. The Labute approximate surface area is 395 Å². The molecule has 67 heavy (non-hydrogen) atoms. The summed E-state index contributed by atoms with van der Waals surface area (Å²) in [6.45, 7) is 0. The molecule has 1 nitrogen and oxygen atoms in total. The predicted octanol–water partition coefficient (Wildman–Crippen LogP) is 18.0. The summed E-state index contributed by atoms with van der Waals surface area (Å²) >= 11 is 1.88. The summed E-state index contributed by atoms with van der Waals surface area (Å²) < 4.78 is 2.56. The van der Waals surface area contributed by atoms with Gasteiger partial charge in [-0.15, -0.1) is 11.3 Å². The number of hydrogen-bond donors (Lipinski definition) is 0. The van der Waals surface area contributed by atoms with E-state index in [-0.39, 0.29) is 0 Å². The van der Waals surface area contributed by atoms with E-state index in [2.05, 4.69) is 266 Å². The van der Waals surface area contributed by atoms with Gasteiger partial charge < -0.3 is 4.90 Å². The Hall–Kier alpha value is -8.30. The van der Waals surface area contributed by atoms with Gasteiger partial charge in [-0.1, -0.05) is 212 Å². The molecule has 0 fully saturated rings. The van der Waals surface area contributed by atoms with Gasteiger partial charge >= 0.3 is 0 Å². The van der Waals surface area contributed by atoms with Crippen molar-refractivity contribution in [3.63, 3.8) is 0 Å². The zero-order valence-electron chi connectivity index (χ0n) is 36.7. The van der Waals surface area contributed by atoms with Crippen molar-refractivity contribution in [2.45, 2.75) is 5.41 Å². The highest BCUT2D eigenvalue weighted by Gasteiger charge is 2.46. The average molecular weight is 870 g/mol. The van der Waals surface area contributed by atoms with Crippen LogP contribution in [0.25, 0.3) is 75.5 Å². The van der Waals surface area contributed by atoms with Gasteiger partial charge in [0.1, 0.15) is 0 Å². The molecule has 0 unspecified atom stereocenters. The molecule has 0 bridgehead atoms. The molecule has 1 heterocycles.